The van der Waals surface area contributed by atoms with Crippen LogP contribution < -0.4 is 9.75 Å². The van der Waals surface area contributed by atoms with Crippen LogP contribution in [0.1, 0.15) is 58.2 Å². The number of fused-ring (bicyclic) bond motifs is 1. The predicted octanol–water partition coefficient (Wildman–Crippen LogP) is 6.96. The van der Waals surface area contributed by atoms with Crippen LogP contribution in [0, 0.1) is 13.8 Å². The van der Waals surface area contributed by atoms with Gasteiger partial charge in [0.05, 0.1) is 19.0 Å². The Hall–Kier alpha value is -1.93. The van der Waals surface area contributed by atoms with Gasteiger partial charge < -0.3 is 0 Å². The van der Waals surface area contributed by atoms with Crippen LogP contribution in [0.3, 0.4) is 0 Å². The van der Waals surface area contributed by atoms with E-state index in [1.165, 1.54) is 38.7 Å². The summed E-state index contributed by atoms with van der Waals surface area (Å²) in [6.45, 7) is 23.6. The molecule has 0 amide bonds. The molecule has 3 rings (SSSR count). The molecule has 1 aromatic heterocycles. The zero-order valence-corrected chi connectivity index (χ0v) is 22.0. The van der Waals surface area contributed by atoms with Gasteiger partial charge >= 0.3 is 0 Å². The summed E-state index contributed by atoms with van der Waals surface area (Å²) in [5, 5.41) is 4.57. The number of rotatable bonds is 2. The van der Waals surface area contributed by atoms with Gasteiger partial charge in [0.15, 0.2) is 6.20 Å². The standard InChI is InChI=1S/C28H40NSi/c1-19-16-22(27(3,4)5)18-25(20(19)2)26-24-13-12-23(30(10,11)28(6,7)8)17-21(24)14-15-29(26)9/h12-18H,1-11H3/q+1. The van der Waals surface area contributed by atoms with E-state index in [1.807, 2.05) is 0 Å². The van der Waals surface area contributed by atoms with Gasteiger partial charge in [0.1, 0.15) is 7.05 Å². The number of hydrogen-bond acceptors (Lipinski definition) is 0. The Morgan fingerprint density at radius 2 is 1.47 bits per heavy atom. The summed E-state index contributed by atoms with van der Waals surface area (Å²) >= 11 is 0. The molecule has 0 aliphatic carbocycles. The maximum Gasteiger partial charge on any atom is 0.220 e. The lowest BCUT2D eigenvalue weighted by Gasteiger charge is -2.37. The van der Waals surface area contributed by atoms with E-state index in [1.54, 1.807) is 5.19 Å². The fourth-order valence-corrected chi connectivity index (χ4v) is 5.95. The average molecular weight is 419 g/mol. The number of aryl methyl sites for hydroxylation is 2. The van der Waals surface area contributed by atoms with Crippen LogP contribution in [0.15, 0.2) is 42.6 Å². The summed E-state index contributed by atoms with van der Waals surface area (Å²) in [5.74, 6) is 0. The summed E-state index contributed by atoms with van der Waals surface area (Å²) in [5.41, 5.74) is 6.95. The Morgan fingerprint density at radius 3 is 2.03 bits per heavy atom. The van der Waals surface area contributed by atoms with Crippen molar-refractivity contribution in [1.29, 1.82) is 0 Å². The molecule has 0 aliphatic rings. The van der Waals surface area contributed by atoms with Gasteiger partial charge in [0.2, 0.25) is 5.69 Å². The molecule has 0 unspecified atom stereocenters. The highest BCUT2D eigenvalue weighted by atomic mass is 28.3. The van der Waals surface area contributed by atoms with E-state index in [9.17, 15) is 0 Å². The smallest absolute Gasteiger partial charge is 0.200 e. The first-order chi connectivity index (χ1) is 13.6. The molecule has 2 aromatic carbocycles. The number of pyridine rings is 1. The van der Waals surface area contributed by atoms with Gasteiger partial charge in [0, 0.05) is 6.07 Å². The lowest BCUT2D eigenvalue weighted by molar-refractivity contribution is -0.659. The van der Waals surface area contributed by atoms with E-state index >= 15 is 0 Å². The molecule has 1 nitrogen and oxygen atoms in total. The van der Waals surface area contributed by atoms with Crippen LogP contribution in [-0.2, 0) is 12.5 Å². The summed E-state index contributed by atoms with van der Waals surface area (Å²) in [6.07, 6.45) is 2.23. The predicted molar refractivity (Wildman–Crippen MR) is 136 cm³/mol. The number of benzene rings is 2. The van der Waals surface area contributed by atoms with Gasteiger partial charge in [-0.1, -0.05) is 78.0 Å². The summed E-state index contributed by atoms with van der Waals surface area (Å²) in [6, 6.07) is 14.3. The minimum atomic E-state index is -1.57. The Balaban J connectivity index is 2.31. The van der Waals surface area contributed by atoms with Crippen molar-refractivity contribution in [3.63, 3.8) is 0 Å². The molecular formula is C28H40NSi+. The maximum absolute atomic E-state index is 2.50. The fourth-order valence-electron chi connectivity index (χ4n) is 4.07. The van der Waals surface area contributed by atoms with Crippen LogP contribution in [0.2, 0.25) is 18.1 Å². The first-order valence-corrected chi connectivity index (χ1v) is 14.2. The SMILES string of the molecule is Cc1cc(C(C)(C)C)cc(-c2c3ccc([Si](C)(C)C(C)(C)C)cc3cc[n+]2C)c1C. The van der Waals surface area contributed by atoms with Gasteiger partial charge in [0.25, 0.3) is 0 Å². The molecule has 1 heterocycles. The minimum Gasteiger partial charge on any atom is -0.200 e. The third-order valence-electron chi connectivity index (χ3n) is 7.52. The normalized spacial score (nSPS) is 13.2. The van der Waals surface area contributed by atoms with Gasteiger partial charge in [-0.15, -0.1) is 0 Å². The average Bonchev–Trinajstić information content (AvgIpc) is 2.62. The molecular weight excluding hydrogens is 378 g/mol. The second-order valence-electron chi connectivity index (χ2n) is 11.7. The molecule has 0 aliphatic heterocycles. The molecule has 30 heavy (non-hydrogen) atoms. The van der Waals surface area contributed by atoms with Gasteiger partial charge in [-0.2, -0.15) is 0 Å². The third kappa shape index (κ3) is 3.87. The van der Waals surface area contributed by atoms with Gasteiger partial charge in [-0.3, -0.25) is 0 Å². The largest absolute Gasteiger partial charge is 0.220 e. The Labute approximate surface area is 185 Å². The van der Waals surface area contributed by atoms with Crippen molar-refractivity contribution >= 4 is 24.0 Å². The Morgan fingerprint density at radius 1 is 0.833 bits per heavy atom. The van der Waals surface area contributed by atoms with E-state index in [0.29, 0.717) is 5.04 Å². The van der Waals surface area contributed by atoms with Gasteiger partial charge in [-0.25, -0.2) is 4.57 Å². The van der Waals surface area contributed by atoms with Crippen molar-refractivity contribution in [2.75, 3.05) is 0 Å². The monoisotopic (exact) mass is 418 g/mol. The quantitative estimate of drug-likeness (QED) is 0.313. The first kappa shape index (κ1) is 22.7. The fraction of sp³-hybridized carbons (Fsp3) is 0.464. The van der Waals surface area contributed by atoms with Gasteiger partial charge in [-0.05, 0) is 58.5 Å². The highest BCUT2D eigenvalue weighted by Gasteiger charge is 2.37. The summed E-state index contributed by atoms with van der Waals surface area (Å²) in [4.78, 5) is 0. The molecule has 0 radical (unpaired) electrons. The van der Waals surface area contributed by atoms with Crippen LogP contribution in [0.4, 0.5) is 0 Å². The maximum atomic E-state index is 2.50. The molecule has 0 atom stereocenters. The molecule has 0 saturated heterocycles. The van der Waals surface area contributed by atoms with Crippen LogP contribution in [0.5, 0.6) is 0 Å². The zero-order valence-electron chi connectivity index (χ0n) is 21.0. The second kappa shape index (κ2) is 7.34. The first-order valence-electron chi connectivity index (χ1n) is 11.2. The number of aromatic nitrogens is 1. The van der Waals surface area contributed by atoms with E-state index in [4.69, 9.17) is 0 Å². The van der Waals surface area contributed by atoms with E-state index < -0.39 is 8.07 Å². The van der Waals surface area contributed by atoms with Crippen LogP contribution in [-0.4, -0.2) is 8.07 Å². The van der Waals surface area contributed by atoms with Crippen LogP contribution in [0.25, 0.3) is 22.0 Å². The van der Waals surface area contributed by atoms with Crippen molar-refractivity contribution < 1.29 is 4.57 Å². The molecule has 0 saturated carbocycles. The number of nitrogens with zero attached hydrogens (tertiary/aromatic N) is 1. The third-order valence-corrected chi connectivity index (χ3v) is 13.0. The zero-order chi connectivity index (χ0) is 22.6. The summed E-state index contributed by atoms with van der Waals surface area (Å²) in [7, 11) is 0.607. The Kier molecular flexibility index (Phi) is 5.56. The van der Waals surface area contributed by atoms with E-state index in [0.717, 1.165) is 0 Å². The van der Waals surface area contributed by atoms with Crippen molar-refractivity contribution in [2.24, 2.45) is 7.05 Å². The lowest BCUT2D eigenvalue weighted by Crippen LogP contribution is -2.49. The lowest BCUT2D eigenvalue weighted by atomic mass is 9.83. The Bertz CT molecular complexity index is 1110. The minimum absolute atomic E-state index is 0.131. The van der Waals surface area contributed by atoms with E-state index in [2.05, 4.69) is 123 Å². The van der Waals surface area contributed by atoms with E-state index in [-0.39, 0.29) is 5.41 Å². The summed E-state index contributed by atoms with van der Waals surface area (Å²) < 4.78 is 2.29. The van der Waals surface area contributed by atoms with Crippen molar-refractivity contribution in [3.8, 4) is 11.3 Å². The highest BCUT2D eigenvalue weighted by Crippen LogP contribution is 2.37. The molecule has 2 heteroatoms. The molecule has 0 spiro atoms. The van der Waals surface area contributed by atoms with Crippen molar-refractivity contribution in [3.05, 3.63) is 59.3 Å². The molecule has 0 bridgehead atoms. The highest BCUT2D eigenvalue weighted by molar-refractivity contribution is 6.92. The topological polar surface area (TPSA) is 3.88 Å². The second-order valence-corrected chi connectivity index (χ2v) is 17.0. The molecule has 0 fully saturated rings. The molecule has 3 aromatic rings. The van der Waals surface area contributed by atoms with Crippen molar-refractivity contribution in [1.82, 2.24) is 0 Å². The van der Waals surface area contributed by atoms with Crippen LogP contribution >= 0.6 is 0 Å². The molecule has 0 N–H and O–H groups in total. The van der Waals surface area contributed by atoms with Crippen molar-refractivity contribution in [2.45, 2.75) is 78.9 Å². The number of hydrogen-bond donors (Lipinski definition) is 0. The molecule has 160 valence electrons.